The summed E-state index contributed by atoms with van der Waals surface area (Å²) >= 11 is 2.04. The maximum absolute atomic E-state index is 12.0. The zero-order valence-corrected chi connectivity index (χ0v) is 14.9. The molecule has 1 N–H and O–H groups in total. The van der Waals surface area contributed by atoms with Crippen molar-refractivity contribution in [3.05, 3.63) is 67.7 Å². The van der Waals surface area contributed by atoms with Crippen LogP contribution in [0.15, 0.2) is 45.6 Å². The van der Waals surface area contributed by atoms with Crippen LogP contribution in [-0.4, -0.2) is 15.9 Å². The van der Waals surface area contributed by atoms with Crippen LogP contribution in [0.1, 0.15) is 17.1 Å². The van der Waals surface area contributed by atoms with E-state index in [9.17, 15) is 9.59 Å². The summed E-state index contributed by atoms with van der Waals surface area (Å²) in [5.74, 6) is 0.314. The molecule has 0 saturated heterocycles. The highest BCUT2D eigenvalue weighted by Crippen LogP contribution is 2.13. The monoisotopic (exact) mass is 436 g/mol. The standard InChI is InChI=1S/C17H13IN2O4/c1-10-3-2-4-12-16(10)19-14(20-17(12)22)9-23-15(21)8-6-11-5-7-13(18)24-11/h2-8H,9H2,1H3,(H,19,20,22)/b8-6+. The number of aryl methyl sites for hydroxylation is 1. The maximum atomic E-state index is 12.0. The summed E-state index contributed by atoms with van der Waals surface area (Å²) in [5, 5.41) is 0.511. The number of H-pyrrole nitrogens is 1. The molecule has 0 unspecified atom stereocenters. The molecule has 0 aliphatic carbocycles. The predicted molar refractivity (Wildman–Crippen MR) is 97.4 cm³/mol. The Morgan fingerprint density at radius 2 is 2.21 bits per heavy atom. The van der Waals surface area contributed by atoms with Crippen LogP contribution in [0, 0.1) is 10.7 Å². The average Bonchev–Trinajstić information content (AvgIpc) is 2.97. The van der Waals surface area contributed by atoms with Gasteiger partial charge in [-0.05, 0) is 59.4 Å². The second kappa shape index (κ2) is 7.00. The largest absolute Gasteiger partial charge is 0.454 e. The van der Waals surface area contributed by atoms with Crippen LogP contribution in [0.25, 0.3) is 17.0 Å². The van der Waals surface area contributed by atoms with Crippen molar-refractivity contribution in [2.45, 2.75) is 13.5 Å². The fourth-order valence-corrected chi connectivity index (χ4v) is 2.61. The molecule has 122 valence electrons. The Morgan fingerprint density at radius 3 is 2.96 bits per heavy atom. The second-order valence-corrected chi connectivity index (χ2v) is 6.13. The van der Waals surface area contributed by atoms with Crippen LogP contribution in [0.4, 0.5) is 0 Å². The Balaban J connectivity index is 1.71. The van der Waals surface area contributed by atoms with E-state index in [1.165, 1.54) is 12.2 Å². The number of carbonyl (C=O) groups is 1. The third-order valence-electron chi connectivity index (χ3n) is 3.32. The molecule has 0 fully saturated rings. The van der Waals surface area contributed by atoms with Gasteiger partial charge in [0, 0.05) is 6.08 Å². The molecule has 7 heteroatoms. The van der Waals surface area contributed by atoms with Gasteiger partial charge >= 0.3 is 5.97 Å². The summed E-state index contributed by atoms with van der Waals surface area (Å²) in [4.78, 5) is 30.8. The zero-order chi connectivity index (χ0) is 17.1. The molecule has 0 atom stereocenters. The van der Waals surface area contributed by atoms with Crippen LogP contribution in [0.5, 0.6) is 0 Å². The molecule has 0 bridgehead atoms. The van der Waals surface area contributed by atoms with Gasteiger partial charge in [0.05, 0.1) is 10.9 Å². The third-order valence-corrected chi connectivity index (χ3v) is 3.90. The molecule has 3 rings (SSSR count). The van der Waals surface area contributed by atoms with Crippen molar-refractivity contribution in [2.75, 3.05) is 0 Å². The first-order chi connectivity index (χ1) is 11.5. The number of para-hydroxylation sites is 1. The first-order valence-corrected chi connectivity index (χ1v) is 8.19. The first kappa shape index (κ1) is 16.4. The van der Waals surface area contributed by atoms with E-state index in [4.69, 9.17) is 9.15 Å². The number of rotatable bonds is 4. The minimum atomic E-state index is -0.547. The molecule has 6 nitrogen and oxygen atoms in total. The average molecular weight is 436 g/mol. The molecule has 2 heterocycles. The van der Waals surface area contributed by atoms with E-state index in [-0.39, 0.29) is 12.2 Å². The van der Waals surface area contributed by atoms with Gasteiger partial charge in [0.15, 0.2) is 3.77 Å². The van der Waals surface area contributed by atoms with E-state index >= 15 is 0 Å². The predicted octanol–water partition coefficient (Wildman–Crippen LogP) is 3.19. The van der Waals surface area contributed by atoms with Crippen molar-refractivity contribution in [3.8, 4) is 0 Å². The van der Waals surface area contributed by atoms with E-state index in [0.29, 0.717) is 22.5 Å². The second-order valence-electron chi connectivity index (χ2n) is 5.07. The number of nitrogens with one attached hydrogen (secondary N) is 1. The van der Waals surface area contributed by atoms with Crippen molar-refractivity contribution in [1.29, 1.82) is 0 Å². The molecule has 24 heavy (non-hydrogen) atoms. The first-order valence-electron chi connectivity index (χ1n) is 7.11. The number of furan rings is 1. The van der Waals surface area contributed by atoms with E-state index in [2.05, 4.69) is 9.97 Å². The van der Waals surface area contributed by atoms with Crippen LogP contribution in [-0.2, 0) is 16.1 Å². The maximum Gasteiger partial charge on any atom is 0.331 e. The molecule has 3 aromatic rings. The highest BCUT2D eigenvalue weighted by molar-refractivity contribution is 14.1. The number of esters is 1. The highest BCUT2D eigenvalue weighted by Gasteiger charge is 2.07. The molecule has 0 aliphatic heterocycles. The lowest BCUT2D eigenvalue weighted by atomic mass is 10.1. The van der Waals surface area contributed by atoms with Gasteiger partial charge in [-0.25, -0.2) is 9.78 Å². The van der Waals surface area contributed by atoms with Gasteiger partial charge < -0.3 is 14.1 Å². The summed E-state index contributed by atoms with van der Waals surface area (Å²) in [6.45, 7) is 1.76. The van der Waals surface area contributed by atoms with Gasteiger partial charge in [-0.15, -0.1) is 0 Å². The normalized spacial score (nSPS) is 11.2. The van der Waals surface area contributed by atoms with Crippen molar-refractivity contribution < 1.29 is 13.9 Å². The van der Waals surface area contributed by atoms with Gasteiger partial charge in [0.25, 0.3) is 5.56 Å². The quantitative estimate of drug-likeness (QED) is 0.386. The molecule has 2 aromatic heterocycles. The van der Waals surface area contributed by atoms with Crippen LogP contribution in [0.2, 0.25) is 0 Å². The summed E-state index contributed by atoms with van der Waals surface area (Å²) in [6.07, 6.45) is 2.78. The van der Waals surface area contributed by atoms with Gasteiger partial charge in [0.2, 0.25) is 0 Å². The van der Waals surface area contributed by atoms with Crippen LogP contribution < -0.4 is 5.56 Å². The van der Waals surface area contributed by atoms with Gasteiger partial charge in [-0.1, -0.05) is 12.1 Å². The number of hydrogen-bond acceptors (Lipinski definition) is 5. The fraction of sp³-hybridized carbons (Fsp3) is 0.118. The molecule has 0 aliphatic rings. The molecule has 1 aromatic carbocycles. The molecular weight excluding hydrogens is 423 g/mol. The Morgan fingerprint density at radius 1 is 1.38 bits per heavy atom. The minimum Gasteiger partial charge on any atom is -0.454 e. The number of benzene rings is 1. The Hall–Kier alpha value is -2.42. The van der Waals surface area contributed by atoms with Crippen molar-refractivity contribution in [1.82, 2.24) is 9.97 Å². The highest BCUT2D eigenvalue weighted by atomic mass is 127. The number of aromatic nitrogens is 2. The summed E-state index contributed by atoms with van der Waals surface area (Å²) in [6, 6.07) is 8.92. The number of nitrogens with zero attached hydrogens (tertiary/aromatic N) is 1. The van der Waals surface area contributed by atoms with Gasteiger partial charge in [0.1, 0.15) is 18.2 Å². The number of aromatic amines is 1. The molecule has 0 saturated carbocycles. The van der Waals surface area contributed by atoms with Crippen LogP contribution >= 0.6 is 22.6 Å². The molecule has 0 radical (unpaired) electrons. The smallest absolute Gasteiger partial charge is 0.331 e. The Kier molecular flexibility index (Phi) is 4.79. The number of fused-ring (bicyclic) bond motifs is 1. The molecular formula is C17H13IN2O4. The lowest BCUT2D eigenvalue weighted by Gasteiger charge is -2.05. The minimum absolute atomic E-state index is 0.113. The Bertz CT molecular complexity index is 988. The summed E-state index contributed by atoms with van der Waals surface area (Å²) in [7, 11) is 0. The Labute approximate surface area is 150 Å². The van der Waals surface area contributed by atoms with E-state index < -0.39 is 5.97 Å². The number of hydrogen-bond donors (Lipinski definition) is 1. The van der Waals surface area contributed by atoms with Crippen LogP contribution in [0.3, 0.4) is 0 Å². The number of ether oxygens (including phenoxy) is 1. The summed E-state index contributed by atoms with van der Waals surface area (Å²) < 4.78 is 11.1. The lowest BCUT2D eigenvalue weighted by molar-refractivity contribution is -0.139. The van der Waals surface area contributed by atoms with Gasteiger partial charge in [-0.3, -0.25) is 4.79 Å². The number of carbonyl (C=O) groups excluding carboxylic acids is 1. The van der Waals surface area contributed by atoms with Crippen molar-refractivity contribution in [3.63, 3.8) is 0 Å². The lowest BCUT2D eigenvalue weighted by Crippen LogP contribution is -2.14. The number of halogens is 1. The van der Waals surface area contributed by atoms with Gasteiger partial charge in [-0.2, -0.15) is 0 Å². The zero-order valence-electron chi connectivity index (χ0n) is 12.7. The SMILES string of the molecule is Cc1cccc2c(=O)[nH]c(COC(=O)/C=C/c3ccc(I)o3)nc12. The van der Waals surface area contributed by atoms with E-state index in [1.807, 2.05) is 35.6 Å². The molecule has 0 spiro atoms. The van der Waals surface area contributed by atoms with E-state index in [0.717, 1.165) is 9.33 Å². The topological polar surface area (TPSA) is 85.2 Å². The van der Waals surface area contributed by atoms with E-state index in [1.54, 1.807) is 24.3 Å². The third kappa shape index (κ3) is 3.73. The molecule has 0 amide bonds. The fourth-order valence-electron chi connectivity index (χ4n) is 2.18. The van der Waals surface area contributed by atoms with Crippen molar-refractivity contribution >= 4 is 45.5 Å². The summed E-state index contributed by atoms with van der Waals surface area (Å²) in [5.41, 5.74) is 1.24. The van der Waals surface area contributed by atoms with Crippen molar-refractivity contribution in [2.24, 2.45) is 0 Å².